The number of aliphatic hydroxyl groups is 1. The van der Waals surface area contributed by atoms with Crippen LogP contribution in [0.4, 0.5) is 0 Å². The van der Waals surface area contributed by atoms with Gasteiger partial charge in [-0.1, -0.05) is 74.8 Å². The highest BCUT2D eigenvalue weighted by molar-refractivity contribution is 7.99. The fraction of sp³-hybridized carbons (Fsp3) is 0.500. The minimum Gasteiger partial charge on any atom is -0.388 e. The number of thioether (sulfide) groups is 1. The molecule has 2 bridgehead atoms. The molecule has 0 heterocycles. The number of carbonyl (C=O) groups excluding carboxylic acids is 1. The summed E-state index contributed by atoms with van der Waals surface area (Å²) in [5, 5.41) is 11.7. The van der Waals surface area contributed by atoms with Crippen molar-refractivity contribution in [3.63, 3.8) is 0 Å². The average Bonchev–Trinajstić information content (AvgIpc) is 3.05. The van der Waals surface area contributed by atoms with Crippen LogP contribution in [-0.2, 0) is 4.79 Å². The number of carbonyl (C=O) groups is 1. The van der Waals surface area contributed by atoms with Gasteiger partial charge < -0.3 is 5.11 Å². The molecular weight excluding hydrogens is 412 g/mol. The molecule has 0 aliphatic heterocycles. The van der Waals surface area contributed by atoms with Crippen molar-refractivity contribution >= 4 is 29.1 Å². The molecule has 1 N–H and O–H groups in total. The zero-order valence-corrected chi connectivity index (χ0v) is 19.5. The van der Waals surface area contributed by atoms with Crippen molar-refractivity contribution in [2.24, 2.45) is 22.7 Å². The summed E-state index contributed by atoms with van der Waals surface area (Å²) in [6.45, 7) is 6.74. The Morgan fingerprint density at radius 2 is 1.73 bits per heavy atom. The number of hydrogen-bond donors (Lipinski definition) is 1. The zero-order chi connectivity index (χ0) is 21.5. The van der Waals surface area contributed by atoms with Crippen LogP contribution in [0.15, 0.2) is 54.6 Å². The van der Waals surface area contributed by atoms with Gasteiger partial charge in [-0.25, -0.2) is 0 Å². The molecule has 2 nitrogen and oxygen atoms in total. The normalized spacial score (nSPS) is 29.2. The molecule has 2 fully saturated rings. The van der Waals surface area contributed by atoms with Gasteiger partial charge >= 0.3 is 0 Å². The van der Waals surface area contributed by atoms with Gasteiger partial charge in [0.15, 0.2) is 0 Å². The van der Waals surface area contributed by atoms with E-state index in [1.807, 2.05) is 66.4 Å². The molecule has 0 radical (unpaired) electrons. The molecule has 4 heteroatoms. The van der Waals surface area contributed by atoms with Crippen LogP contribution in [0.2, 0.25) is 5.02 Å². The Hall–Kier alpha value is -1.29. The maximum Gasteiger partial charge on any atom is 0.143 e. The first-order valence-electron chi connectivity index (χ1n) is 10.9. The van der Waals surface area contributed by atoms with E-state index in [9.17, 15) is 9.90 Å². The summed E-state index contributed by atoms with van der Waals surface area (Å²) in [5.74, 6) is 1.85. The van der Waals surface area contributed by atoms with Crippen LogP contribution >= 0.6 is 23.4 Å². The highest BCUT2D eigenvalue weighted by atomic mass is 35.5. The van der Waals surface area contributed by atoms with Gasteiger partial charge in [-0.3, -0.25) is 4.79 Å². The van der Waals surface area contributed by atoms with Gasteiger partial charge in [0.2, 0.25) is 0 Å². The predicted octanol–water partition coefficient (Wildman–Crippen LogP) is 6.88. The van der Waals surface area contributed by atoms with E-state index >= 15 is 0 Å². The average molecular weight is 443 g/mol. The summed E-state index contributed by atoms with van der Waals surface area (Å²) in [5.41, 5.74) is 1.98. The van der Waals surface area contributed by atoms with E-state index in [4.69, 9.17) is 11.6 Å². The Bertz CT molecular complexity index is 895. The Morgan fingerprint density at radius 1 is 1.07 bits per heavy atom. The van der Waals surface area contributed by atoms with Crippen LogP contribution in [0, 0.1) is 22.7 Å². The second kappa shape index (κ2) is 8.33. The van der Waals surface area contributed by atoms with Gasteiger partial charge in [0.25, 0.3) is 0 Å². The molecule has 4 rings (SSSR count). The number of aliphatic hydroxyl groups excluding tert-OH is 1. The quantitative estimate of drug-likeness (QED) is 0.507. The molecular formula is C26H31ClO2S. The fourth-order valence-electron chi connectivity index (χ4n) is 5.68. The highest BCUT2D eigenvalue weighted by Gasteiger charge is 2.65. The Balaban J connectivity index is 1.52. The number of halogens is 1. The molecule has 2 saturated carbocycles. The third-order valence-corrected chi connectivity index (χ3v) is 9.68. The summed E-state index contributed by atoms with van der Waals surface area (Å²) in [6, 6.07) is 17.7. The Morgan fingerprint density at radius 3 is 2.33 bits per heavy atom. The lowest BCUT2D eigenvalue weighted by Gasteiger charge is -2.32. The van der Waals surface area contributed by atoms with Gasteiger partial charge in [-0.2, -0.15) is 11.8 Å². The van der Waals surface area contributed by atoms with Crippen LogP contribution in [-0.4, -0.2) is 16.6 Å². The van der Waals surface area contributed by atoms with Gasteiger partial charge in [0, 0.05) is 27.4 Å². The lowest BCUT2D eigenvalue weighted by molar-refractivity contribution is -0.131. The third-order valence-electron chi connectivity index (χ3n) is 8.01. The van der Waals surface area contributed by atoms with Crippen molar-refractivity contribution in [3.8, 4) is 0 Å². The first kappa shape index (κ1) is 21.9. The van der Waals surface area contributed by atoms with Crippen molar-refractivity contribution in [2.45, 2.75) is 51.4 Å². The molecule has 0 amide bonds. The molecule has 2 aliphatic rings. The second-order valence-electron chi connectivity index (χ2n) is 9.71. The van der Waals surface area contributed by atoms with Crippen LogP contribution in [0.5, 0.6) is 0 Å². The van der Waals surface area contributed by atoms with Crippen molar-refractivity contribution in [2.75, 3.05) is 5.75 Å². The number of hydrogen-bond acceptors (Lipinski definition) is 3. The van der Waals surface area contributed by atoms with Crippen molar-refractivity contribution in [1.29, 1.82) is 0 Å². The van der Waals surface area contributed by atoms with Crippen LogP contribution in [0.1, 0.15) is 62.5 Å². The van der Waals surface area contributed by atoms with E-state index in [0.717, 1.165) is 29.7 Å². The SMILES string of the molecule is CC1(C)[C@@H]2CC[C@@]1(C)C(=O)[C@H]2CS[C@@H](C[C@H](O)c1ccccc1)c1ccc(Cl)cc1. The van der Waals surface area contributed by atoms with Crippen LogP contribution in [0.25, 0.3) is 0 Å². The van der Waals surface area contributed by atoms with E-state index in [1.165, 1.54) is 0 Å². The Kier molecular flexibility index (Phi) is 6.09. The lowest BCUT2D eigenvalue weighted by Crippen LogP contribution is -2.33. The molecule has 0 unspecified atom stereocenters. The van der Waals surface area contributed by atoms with Crippen LogP contribution < -0.4 is 0 Å². The first-order valence-corrected chi connectivity index (χ1v) is 12.3. The smallest absolute Gasteiger partial charge is 0.143 e. The molecule has 5 atom stereocenters. The number of fused-ring (bicyclic) bond motifs is 2. The fourth-order valence-corrected chi connectivity index (χ4v) is 7.29. The molecule has 2 aromatic rings. The van der Waals surface area contributed by atoms with E-state index < -0.39 is 6.10 Å². The third kappa shape index (κ3) is 3.74. The van der Waals surface area contributed by atoms with Gasteiger partial charge in [-0.15, -0.1) is 0 Å². The molecule has 160 valence electrons. The topological polar surface area (TPSA) is 37.3 Å². The first-order chi connectivity index (χ1) is 14.2. The minimum absolute atomic E-state index is 0.0780. The summed E-state index contributed by atoms with van der Waals surface area (Å²) in [4.78, 5) is 13.3. The number of ketones is 1. The van der Waals surface area contributed by atoms with Crippen molar-refractivity contribution in [3.05, 3.63) is 70.7 Å². The van der Waals surface area contributed by atoms with E-state index in [1.54, 1.807) is 0 Å². The van der Waals surface area contributed by atoms with Gasteiger partial charge in [0.1, 0.15) is 5.78 Å². The van der Waals surface area contributed by atoms with Gasteiger partial charge in [0.05, 0.1) is 6.10 Å². The number of benzene rings is 2. The zero-order valence-electron chi connectivity index (χ0n) is 18.0. The molecule has 0 saturated heterocycles. The largest absolute Gasteiger partial charge is 0.388 e. The number of rotatable bonds is 7. The van der Waals surface area contributed by atoms with Crippen LogP contribution in [0.3, 0.4) is 0 Å². The summed E-state index contributed by atoms with van der Waals surface area (Å²) >= 11 is 7.93. The summed E-state index contributed by atoms with van der Waals surface area (Å²) in [7, 11) is 0. The molecule has 0 spiro atoms. The molecule has 2 aliphatic carbocycles. The summed E-state index contributed by atoms with van der Waals surface area (Å²) < 4.78 is 0. The van der Waals surface area contributed by atoms with E-state index in [2.05, 4.69) is 20.8 Å². The minimum atomic E-state index is -0.538. The predicted molar refractivity (Wildman–Crippen MR) is 126 cm³/mol. The number of Topliss-reactive ketones (excluding diaryl/α,β-unsaturated/α-hetero) is 1. The molecule has 30 heavy (non-hydrogen) atoms. The summed E-state index contributed by atoms with van der Waals surface area (Å²) in [6.07, 6.45) is 2.25. The van der Waals surface area contributed by atoms with Crippen molar-refractivity contribution in [1.82, 2.24) is 0 Å². The molecule has 2 aromatic carbocycles. The maximum absolute atomic E-state index is 13.3. The lowest BCUT2D eigenvalue weighted by atomic mass is 9.70. The Labute approximate surface area is 189 Å². The van der Waals surface area contributed by atoms with E-state index in [-0.39, 0.29) is 22.0 Å². The van der Waals surface area contributed by atoms with E-state index in [0.29, 0.717) is 23.1 Å². The monoisotopic (exact) mass is 442 g/mol. The highest BCUT2D eigenvalue weighted by Crippen LogP contribution is 2.66. The molecule has 0 aromatic heterocycles. The van der Waals surface area contributed by atoms with Crippen molar-refractivity contribution < 1.29 is 9.90 Å². The second-order valence-corrected chi connectivity index (χ2v) is 11.4. The van der Waals surface area contributed by atoms with Gasteiger partial charge in [-0.05, 0) is 53.9 Å². The maximum atomic E-state index is 13.3. The standard InChI is InChI=1S/C26H31ClO2S/c1-25(2)21-13-14-26(25,3)24(29)20(21)16-30-23(18-9-11-19(27)12-10-18)15-22(28)17-7-5-4-6-8-17/h4-12,20-23,28H,13-16H2,1-3H3/t20-,21+,22-,23-,26-/m0/s1.